The van der Waals surface area contributed by atoms with E-state index in [1.807, 2.05) is 6.92 Å². The molecule has 0 aliphatic heterocycles. The zero-order valence-corrected chi connectivity index (χ0v) is 12.4. The van der Waals surface area contributed by atoms with Crippen molar-refractivity contribution in [3.05, 3.63) is 5.82 Å². The molecule has 1 fully saturated rings. The molecular weight excluding hydrogens is 262 g/mol. The predicted molar refractivity (Wildman–Crippen MR) is 74.3 cm³/mol. The van der Waals surface area contributed by atoms with Crippen LogP contribution in [0.3, 0.4) is 0 Å². The summed E-state index contributed by atoms with van der Waals surface area (Å²) in [6.45, 7) is 5.11. The van der Waals surface area contributed by atoms with Gasteiger partial charge in [0.05, 0.1) is 5.75 Å². The van der Waals surface area contributed by atoms with Crippen molar-refractivity contribution in [3.63, 3.8) is 0 Å². The van der Waals surface area contributed by atoms with E-state index in [1.54, 1.807) is 0 Å². The number of nitrogens with zero attached hydrogens (tertiary/aromatic N) is 3. The molecular formula is C13H21N3O2S. The van der Waals surface area contributed by atoms with Gasteiger partial charge in [-0.3, -0.25) is 4.79 Å². The first kappa shape index (κ1) is 14.4. The Morgan fingerprint density at radius 3 is 2.68 bits per heavy atom. The Morgan fingerprint density at radius 1 is 1.42 bits per heavy atom. The number of carboxylic acid groups (broad SMARTS) is 1. The lowest BCUT2D eigenvalue weighted by atomic mass is 9.83. The van der Waals surface area contributed by atoms with Gasteiger partial charge in [-0.05, 0) is 31.6 Å². The Morgan fingerprint density at radius 2 is 2.11 bits per heavy atom. The third-order valence-electron chi connectivity index (χ3n) is 4.13. The molecule has 0 unspecified atom stereocenters. The minimum absolute atomic E-state index is 0.0389. The van der Waals surface area contributed by atoms with Crippen LogP contribution in [0.4, 0.5) is 0 Å². The molecule has 1 N–H and O–H groups in total. The summed E-state index contributed by atoms with van der Waals surface area (Å²) in [5.41, 5.74) is 0.353. The van der Waals surface area contributed by atoms with Gasteiger partial charge < -0.3 is 9.67 Å². The maximum atomic E-state index is 10.7. The Hall–Kier alpha value is -1.04. The number of aliphatic carboxylic acids is 1. The van der Waals surface area contributed by atoms with Crippen molar-refractivity contribution in [2.45, 2.75) is 57.7 Å². The van der Waals surface area contributed by atoms with Crippen LogP contribution in [0.2, 0.25) is 0 Å². The van der Waals surface area contributed by atoms with Crippen LogP contribution < -0.4 is 0 Å². The summed E-state index contributed by atoms with van der Waals surface area (Å²) in [6, 6.07) is 0. The van der Waals surface area contributed by atoms with E-state index in [9.17, 15) is 4.79 Å². The van der Waals surface area contributed by atoms with Crippen LogP contribution in [0.15, 0.2) is 5.16 Å². The molecule has 0 spiro atoms. The van der Waals surface area contributed by atoms with Crippen molar-refractivity contribution in [2.75, 3.05) is 5.75 Å². The van der Waals surface area contributed by atoms with E-state index in [1.165, 1.54) is 37.4 Å². The van der Waals surface area contributed by atoms with E-state index in [0.29, 0.717) is 5.41 Å². The highest BCUT2D eigenvalue weighted by molar-refractivity contribution is 7.99. The largest absolute Gasteiger partial charge is 0.481 e. The summed E-state index contributed by atoms with van der Waals surface area (Å²) in [4.78, 5) is 10.7. The SMILES string of the molecule is CCC1(Cn2c(C)nnc2SCC(=O)O)CCCC1. The average Bonchev–Trinajstić information content (AvgIpc) is 2.97. The summed E-state index contributed by atoms with van der Waals surface area (Å²) in [5, 5.41) is 17.7. The van der Waals surface area contributed by atoms with Gasteiger partial charge in [-0.25, -0.2) is 0 Å². The van der Waals surface area contributed by atoms with Gasteiger partial charge in [0.1, 0.15) is 5.82 Å². The Labute approximate surface area is 117 Å². The Bertz CT molecular complexity index is 453. The molecule has 1 aliphatic carbocycles. The molecule has 1 saturated carbocycles. The van der Waals surface area contributed by atoms with Crippen LogP contribution in [0.5, 0.6) is 0 Å². The van der Waals surface area contributed by atoms with Crippen molar-refractivity contribution in [2.24, 2.45) is 5.41 Å². The maximum Gasteiger partial charge on any atom is 0.313 e. The molecule has 1 heterocycles. The van der Waals surface area contributed by atoms with Crippen molar-refractivity contribution < 1.29 is 9.90 Å². The first-order valence-electron chi connectivity index (χ1n) is 6.81. The Balaban J connectivity index is 2.14. The highest BCUT2D eigenvalue weighted by Crippen LogP contribution is 2.43. The molecule has 1 aliphatic rings. The molecule has 1 aromatic rings. The molecule has 1 aromatic heterocycles. The number of rotatable bonds is 6. The number of carboxylic acids is 1. The van der Waals surface area contributed by atoms with Gasteiger partial charge in [-0.15, -0.1) is 10.2 Å². The van der Waals surface area contributed by atoms with Crippen molar-refractivity contribution in [3.8, 4) is 0 Å². The van der Waals surface area contributed by atoms with Crippen molar-refractivity contribution >= 4 is 17.7 Å². The number of aromatic nitrogens is 3. The second-order valence-corrected chi connectivity index (χ2v) is 6.30. The monoisotopic (exact) mass is 283 g/mol. The summed E-state index contributed by atoms with van der Waals surface area (Å²) in [7, 11) is 0. The van der Waals surface area contributed by atoms with Gasteiger partial charge in [0.15, 0.2) is 5.16 Å². The first-order valence-corrected chi connectivity index (χ1v) is 7.79. The van der Waals surface area contributed by atoms with E-state index in [4.69, 9.17) is 5.11 Å². The fourth-order valence-electron chi connectivity index (χ4n) is 2.86. The summed E-state index contributed by atoms with van der Waals surface area (Å²) in [5.74, 6) is 0.105. The minimum Gasteiger partial charge on any atom is -0.481 e. The molecule has 0 saturated heterocycles. The molecule has 0 aromatic carbocycles. The van der Waals surface area contributed by atoms with Crippen LogP contribution in [0.25, 0.3) is 0 Å². The fraction of sp³-hybridized carbons (Fsp3) is 0.769. The van der Waals surface area contributed by atoms with E-state index in [0.717, 1.165) is 23.9 Å². The van der Waals surface area contributed by atoms with Crippen LogP contribution in [0.1, 0.15) is 44.9 Å². The van der Waals surface area contributed by atoms with Crippen molar-refractivity contribution in [1.82, 2.24) is 14.8 Å². The topological polar surface area (TPSA) is 68.0 Å². The minimum atomic E-state index is -0.816. The third kappa shape index (κ3) is 3.29. The van der Waals surface area contributed by atoms with Gasteiger partial charge in [0.25, 0.3) is 0 Å². The van der Waals surface area contributed by atoms with E-state index >= 15 is 0 Å². The van der Waals surface area contributed by atoms with Crippen molar-refractivity contribution in [1.29, 1.82) is 0 Å². The van der Waals surface area contributed by atoms with Crippen LogP contribution in [0, 0.1) is 12.3 Å². The summed E-state index contributed by atoms with van der Waals surface area (Å²) in [6.07, 6.45) is 6.27. The summed E-state index contributed by atoms with van der Waals surface area (Å²) >= 11 is 1.26. The number of aryl methyl sites for hydroxylation is 1. The first-order chi connectivity index (χ1) is 9.06. The second kappa shape index (κ2) is 5.94. The van der Waals surface area contributed by atoms with E-state index < -0.39 is 5.97 Å². The Kier molecular flexibility index (Phi) is 4.50. The summed E-state index contributed by atoms with van der Waals surface area (Å²) < 4.78 is 2.10. The van der Waals surface area contributed by atoms with Gasteiger partial charge in [-0.1, -0.05) is 31.5 Å². The molecule has 0 amide bonds. The van der Waals surface area contributed by atoms with E-state index in [-0.39, 0.29) is 5.75 Å². The lowest BCUT2D eigenvalue weighted by molar-refractivity contribution is -0.133. The number of hydrogen-bond donors (Lipinski definition) is 1. The molecule has 0 atom stereocenters. The van der Waals surface area contributed by atoms with Gasteiger partial charge in [0, 0.05) is 6.54 Å². The number of thioether (sulfide) groups is 1. The average molecular weight is 283 g/mol. The van der Waals surface area contributed by atoms with E-state index in [2.05, 4.69) is 21.7 Å². The quantitative estimate of drug-likeness (QED) is 0.813. The third-order valence-corrected chi connectivity index (χ3v) is 5.09. The predicted octanol–water partition coefficient (Wildman–Crippen LogP) is 2.73. The highest BCUT2D eigenvalue weighted by Gasteiger charge is 2.33. The van der Waals surface area contributed by atoms with Gasteiger partial charge >= 0.3 is 5.97 Å². The van der Waals surface area contributed by atoms with Gasteiger partial charge in [0.2, 0.25) is 0 Å². The number of carbonyl (C=O) groups is 1. The zero-order chi connectivity index (χ0) is 13.9. The number of hydrogen-bond acceptors (Lipinski definition) is 4. The van der Waals surface area contributed by atoms with Gasteiger partial charge in [-0.2, -0.15) is 0 Å². The van der Waals surface area contributed by atoms with Crippen LogP contribution in [-0.2, 0) is 11.3 Å². The smallest absolute Gasteiger partial charge is 0.313 e. The molecule has 5 nitrogen and oxygen atoms in total. The molecule has 0 bridgehead atoms. The zero-order valence-electron chi connectivity index (χ0n) is 11.6. The molecule has 19 heavy (non-hydrogen) atoms. The normalized spacial score (nSPS) is 17.8. The second-order valence-electron chi connectivity index (χ2n) is 5.36. The van der Waals surface area contributed by atoms with Crippen LogP contribution >= 0.6 is 11.8 Å². The lowest BCUT2D eigenvalue weighted by Crippen LogP contribution is -2.24. The lowest BCUT2D eigenvalue weighted by Gasteiger charge is -2.28. The maximum absolute atomic E-state index is 10.7. The molecule has 6 heteroatoms. The molecule has 2 rings (SSSR count). The molecule has 0 radical (unpaired) electrons. The fourth-order valence-corrected chi connectivity index (χ4v) is 3.56. The standard InChI is InChI=1S/C13H21N3O2S/c1-3-13(6-4-5-7-13)9-16-10(2)14-15-12(16)19-8-11(17)18/h3-9H2,1-2H3,(H,17,18). The van der Waals surface area contributed by atoms with Crippen LogP contribution in [-0.4, -0.2) is 31.6 Å². The highest BCUT2D eigenvalue weighted by atomic mass is 32.2. The molecule has 106 valence electrons.